The van der Waals surface area contributed by atoms with Gasteiger partial charge in [0.05, 0.1) is 18.7 Å². The predicted molar refractivity (Wildman–Crippen MR) is 86.7 cm³/mol. The average Bonchev–Trinajstić information content (AvgIpc) is 2.59. The fraction of sp³-hybridized carbons (Fsp3) is 0.526. The minimum atomic E-state index is -0.173. The third kappa shape index (κ3) is 4.41. The lowest BCUT2D eigenvalue weighted by molar-refractivity contribution is -0.141. The van der Waals surface area contributed by atoms with Gasteiger partial charge in [-0.1, -0.05) is 12.1 Å². The second-order valence-electron chi connectivity index (χ2n) is 6.35. The summed E-state index contributed by atoms with van der Waals surface area (Å²) in [4.78, 5) is 23.3. The lowest BCUT2D eigenvalue weighted by Gasteiger charge is -2.35. The van der Waals surface area contributed by atoms with Crippen LogP contribution in [0.4, 0.5) is 0 Å². The monoisotopic (exact) mass is 313 g/mol. The molecular formula is C19H23NO3. The molecule has 0 amide bonds. The Morgan fingerprint density at radius 1 is 1.26 bits per heavy atom. The van der Waals surface area contributed by atoms with E-state index in [1.54, 1.807) is 6.92 Å². The Bertz CT molecular complexity index is 600. The zero-order valence-electron chi connectivity index (χ0n) is 13.7. The highest BCUT2D eigenvalue weighted by molar-refractivity contribution is 5.79. The first kappa shape index (κ1) is 17.2. The Hall–Kier alpha value is -2.15. The number of nitrogens with zero attached hydrogens (tertiary/aromatic N) is 1. The first-order chi connectivity index (χ1) is 11.0. The zero-order valence-corrected chi connectivity index (χ0v) is 13.7. The molecule has 23 heavy (non-hydrogen) atoms. The maximum absolute atomic E-state index is 12.0. The van der Waals surface area contributed by atoms with E-state index in [-0.39, 0.29) is 23.6 Å². The number of nitriles is 1. The van der Waals surface area contributed by atoms with E-state index >= 15 is 0 Å². The van der Waals surface area contributed by atoms with Crippen molar-refractivity contribution in [2.24, 2.45) is 11.8 Å². The summed E-state index contributed by atoms with van der Waals surface area (Å²) < 4.78 is 4.71. The Labute approximate surface area is 137 Å². The normalized spacial score (nSPS) is 23.8. The Morgan fingerprint density at radius 3 is 2.52 bits per heavy atom. The van der Waals surface area contributed by atoms with E-state index in [0.29, 0.717) is 17.9 Å². The largest absolute Gasteiger partial charge is 0.469 e. The van der Waals surface area contributed by atoms with Crippen molar-refractivity contribution in [2.45, 2.75) is 44.9 Å². The average molecular weight is 313 g/mol. The number of esters is 1. The van der Waals surface area contributed by atoms with Crippen LogP contribution in [0.3, 0.4) is 0 Å². The van der Waals surface area contributed by atoms with Crippen LogP contribution in [0.1, 0.15) is 56.1 Å². The number of carbonyl (C=O) groups is 2. The molecule has 4 heteroatoms. The topological polar surface area (TPSA) is 67.2 Å². The van der Waals surface area contributed by atoms with Crippen LogP contribution in [-0.2, 0) is 14.3 Å². The molecule has 1 aliphatic rings. The molecular weight excluding hydrogens is 290 g/mol. The first-order valence-electron chi connectivity index (χ1n) is 8.12. The molecule has 3 atom stereocenters. The minimum absolute atomic E-state index is 0.0392. The lowest BCUT2D eigenvalue weighted by Crippen LogP contribution is -2.28. The Kier molecular flexibility index (Phi) is 5.92. The highest BCUT2D eigenvalue weighted by atomic mass is 16.5. The molecule has 0 radical (unpaired) electrons. The molecule has 1 aromatic rings. The van der Waals surface area contributed by atoms with Gasteiger partial charge in [0.15, 0.2) is 0 Å². The van der Waals surface area contributed by atoms with Crippen LogP contribution in [0.2, 0.25) is 0 Å². The molecule has 1 fully saturated rings. The number of hydrogen-bond donors (Lipinski definition) is 0. The Balaban J connectivity index is 2.11. The summed E-state index contributed by atoms with van der Waals surface area (Å²) >= 11 is 0. The highest BCUT2D eigenvalue weighted by Crippen LogP contribution is 2.42. The molecule has 0 heterocycles. The number of ether oxygens (including phenoxy) is 1. The van der Waals surface area contributed by atoms with E-state index in [2.05, 4.69) is 6.07 Å². The van der Waals surface area contributed by atoms with Gasteiger partial charge in [-0.2, -0.15) is 5.26 Å². The number of ketones is 1. The lowest BCUT2D eigenvalue weighted by atomic mass is 9.69. The molecule has 1 aromatic carbocycles. The van der Waals surface area contributed by atoms with E-state index in [0.717, 1.165) is 31.2 Å². The first-order valence-corrected chi connectivity index (χ1v) is 8.12. The summed E-state index contributed by atoms with van der Waals surface area (Å²) in [5.74, 6) is 0.707. The summed E-state index contributed by atoms with van der Waals surface area (Å²) in [5.41, 5.74) is 1.75. The van der Waals surface area contributed by atoms with Gasteiger partial charge in [0.2, 0.25) is 0 Å². The van der Waals surface area contributed by atoms with Gasteiger partial charge in [-0.05, 0) is 62.1 Å². The van der Waals surface area contributed by atoms with E-state index in [9.17, 15) is 9.59 Å². The van der Waals surface area contributed by atoms with Gasteiger partial charge in [-0.3, -0.25) is 9.59 Å². The molecule has 2 rings (SSSR count). The SMILES string of the molecule is COC(=O)CCC1CCC(C(C)=O)C(c2ccc(C#N)cc2)C1. The van der Waals surface area contributed by atoms with Crippen LogP contribution >= 0.6 is 0 Å². The number of rotatable bonds is 5. The number of carbonyl (C=O) groups excluding carboxylic acids is 2. The van der Waals surface area contributed by atoms with Crippen molar-refractivity contribution < 1.29 is 14.3 Å². The van der Waals surface area contributed by atoms with E-state index in [4.69, 9.17) is 10.00 Å². The molecule has 3 unspecified atom stereocenters. The van der Waals surface area contributed by atoms with Crippen LogP contribution in [-0.4, -0.2) is 18.9 Å². The zero-order chi connectivity index (χ0) is 16.8. The molecule has 1 aliphatic carbocycles. The maximum atomic E-state index is 12.0. The van der Waals surface area contributed by atoms with Gasteiger partial charge in [0, 0.05) is 12.3 Å². The molecule has 122 valence electrons. The Morgan fingerprint density at radius 2 is 1.96 bits per heavy atom. The number of benzene rings is 1. The summed E-state index contributed by atoms with van der Waals surface area (Å²) in [6, 6.07) is 9.66. The van der Waals surface area contributed by atoms with Crippen molar-refractivity contribution in [1.82, 2.24) is 0 Å². The summed E-state index contributed by atoms with van der Waals surface area (Å²) in [7, 11) is 1.41. The van der Waals surface area contributed by atoms with Crippen molar-refractivity contribution in [3.05, 3.63) is 35.4 Å². The smallest absolute Gasteiger partial charge is 0.305 e. The van der Waals surface area contributed by atoms with Crippen LogP contribution in [0.15, 0.2) is 24.3 Å². The molecule has 0 aromatic heterocycles. The second-order valence-corrected chi connectivity index (χ2v) is 6.35. The third-order valence-electron chi connectivity index (χ3n) is 4.93. The molecule has 0 spiro atoms. The van der Waals surface area contributed by atoms with Gasteiger partial charge in [0.25, 0.3) is 0 Å². The van der Waals surface area contributed by atoms with Crippen LogP contribution in [0.25, 0.3) is 0 Å². The van der Waals surface area contributed by atoms with Crippen molar-refractivity contribution in [3.63, 3.8) is 0 Å². The summed E-state index contributed by atoms with van der Waals surface area (Å²) in [6.45, 7) is 1.66. The summed E-state index contributed by atoms with van der Waals surface area (Å²) in [6.07, 6.45) is 4.00. The molecule has 0 N–H and O–H groups in total. The third-order valence-corrected chi connectivity index (χ3v) is 4.93. The number of Topliss-reactive ketones (excluding diaryl/α,β-unsaturated/α-hetero) is 1. The minimum Gasteiger partial charge on any atom is -0.469 e. The number of hydrogen-bond acceptors (Lipinski definition) is 4. The molecule has 0 bridgehead atoms. The van der Waals surface area contributed by atoms with E-state index in [1.165, 1.54) is 7.11 Å². The second kappa shape index (κ2) is 7.92. The molecule has 1 saturated carbocycles. The predicted octanol–water partition coefficient (Wildman–Crippen LogP) is 3.60. The van der Waals surface area contributed by atoms with Crippen molar-refractivity contribution in [1.29, 1.82) is 5.26 Å². The quantitative estimate of drug-likeness (QED) is 0.779. The number of methoxy groups -OCH3 is 1. The highest BCUT2D eigenvalue weighted by Gasteiger charge is 2.34. The maximum Gasteiger partial charge on any atom is 0.305 e. The van der Waals surface area contributed by atoms with Crippen LogP contribution < -0.4 is 0 Å². The molecule has 0 saturated heterocycles. The van der Waals surface area contributed by atoms with Crippen molar-refractivity contribution in [2.75, 3.05) is 7.11 Å². The van der Waals surface area contributed by atoms with Crippen molar-refractivity contribution >= 4 is 11.8 Å². The summed E-state index contributed by atoms with van der Waals surface area (Å²) in [5, 5.41) is 8.92. The van der Waals surface area contributed by atoms with Crippen LogP contribution in [0, 0.1) is 23.2 Å². The van der Waals surface area contributed by atoms with Gasteiger partial charge in [-0.15, -0.1) is 0 Å². The molecule has 4 nitrogen and oxygen atoms in total. The fourth-order valence-electron chi connectivity index (χ4n) is 3.60. The van der Waals surface area contributed by atoms with E-state index in [1.807, 2.05) is 24.3 Å². The van der Waals surface area contributed by atoms with Gasteiger partial charge < -0.3 is 4.74 Å². The van der Waals surface area contributed by atoms with Gasteiger partial charge in [-0.25, -0.2) is 0 Å². The van der Waals surface area contributed by atoms with Gasteiger partial charge in [0.1, 0.15) is 5.78 Å². The standard InChI is InChI=1S/C19H23NO3/c1-13(21)17-9-5-14(6-10-19(22)23-2)11-18(17)16-7-3-15(12-20)4-8-16/h3-4,7-8,14,17-18H,5-6,9-11H2,1-2H3. The van der Waals surface area contributed by atoms with Crippen molar-refractivity contribution in [3.8, 4) is 6.07 Å². The fourth-order valence-corrected chi connectivity index (χ4v) is 3.60. The van der Waals surface area contributed by atoms with Gasteiger partial charge >= 0.3 is 5.97 Å². The van der Waals surface area contributed by atoms with Crippen LogP contribution in [0.5, 0.6) is 0 Å². The van der Waals surface area contributed by atoms with E-state index < -0.39 is 0 Å². The molecule has 0 aliphatic heterocycles.